The van der Waals surface area contributed by atoms with E-state index in [4.69, 9.17) is 4.74 Å². The second kappa shape index (κ2) is 10.6. The number of thiophene rings is 2. The maximum atomic E-state index is 12.9. The molecule has 0 bridgehead atoms. The number of fused-ring (bicyclic) bond motifs is 1. The van der Waals surface area contributed by atoms with E-state index < -0.39 is 0 Å². The molecule has 1 aliphatic rings. The fraction of sp³-hybridized carbons (Fsp3) is 0.500. The van der Waals surface area contributed by atoms with Crippen LogP contribution in [0, 0.1) is 13.8 Å². The number of rotatable bonds is 8. The molecule has 1 N–H and O–H groups in total. The van der Waals surface area contributed by atoms with Gasteiger partial charge < -0.3 is 14.6 Å². The maximum Gasteiger partial charge on any atom is 0.341 e. The molecule has 4 rings (SSSR count). The summed E-state index contributed by atoms with van der Waals surface area (Å²) in [7, 11) is 0. The Morgan fingerprint density at radius 2 is 2.00 bits per heavy atom. The number of ether oxygens (including phenoxy) is 1. The van der Waals surface area contributed by atoms with E-state index in [1.165, 1.54) is 38.4 Å². The smallest absolute Gasteiger partial charge is 0.341 e. The van der Waals surface area contributed by atoms with Gasteiger partial charge in [-0.2, -0.15) is 0 Å². The average molecular weight is 519 g/mol. The zero-order chi connectivity index (χ0) is 24.4. The fourth-order valence-electron chi connectivity index (χ4n) is 4.05. The summed E-state index contributed by atoms with van der Waals surface area (Å²) in [4.78, 5) is 28.2. The first-order valence-electron chi connectivity index (χ1n) is 11.6. The van der Waals surface area contributed by atoms with Gasteiger partial charge in [-0.1, -0.05) is 11.8 Å². The number of aromatic nitrogens is 3. The average Bonchev–Trinajstić information content (AvgIpc) is 3.46. The van der Waals surface area contributed by atoms with Gasteiger partial charge in [-0.3, -0.25) is 4.79 Å². The quantitative estimate of drug-likeness (QED) is 0.296. The Kier molecular flexibility index (Phi) is 7.79. The number of anilines is 1. The Labute approximate surface area is 212 Å². The Bertz CT molecular complexity index is 1210. The summed E-state index contributed by atoms with van der Waals surface area (Å²) in [6, 6.07) is 0. The minimum atomic E-state index is -0.353. The van der Waals surface area contributed by atoms with Gasteiger partial charge in [-0.15, -0.1) is 32.9 Å². The van der Waals surface area contributed by atoms with Crippen molar-refractivity contribution in [2.75, 3.05) is 11.1 Å². The van der Waals surface area contributed by atoms with E-state index >= 15 is 0 Å². The maximum absolute atomic E-state index is 12.9. The molecular weight excluding hydrogens is 488 g/mol. The first-order chi connectivity index (χ1) is 16.3. The van der Waals surface area contributed by atoms with Crippen molar-refractivity contribution in [2.24, 2.45) is 0 Å². The van der Waals surface area contributed by atoms with Crippen LogP contribution >= 0.6 is 34.4 Å². The Balaban J connectivity index is 1.49. The Morgan fingerprint density at radius 1 is 1.24 bits per heavy atom. The zero-order valence-electron chi connectivity index (χ0n) is 20.2. The topological polar surface area (TPSA) is 86.1 Å². The molecule has 0 fully saturated rings. The van der Waals surface area contributed by atoms with E-state index in [0.717, 1.165) is 42.6 Å². The van der Waals surface area contributed by atoms with Gasteiger partial charge in [0.25, 0.3) is 0 Å². The van der Waals surface area contributed by atoms with Crippen LogP contribution in [0.2, 0.25) is 0 Å². The van der Waals surface area contributed by atoms with Gasteiger partial charge in [-0.25, -0.2) is 4.79 Å². The third-order valence-electron chi connectivity index (χ3n) is 5.86. The normalized spacial score (nSPS) is 13.2. The highest BCUT2D eigenvalue weighted by atomic mass is 32.2. The lowest BCUT2D eigenvalue weighted by Crippen LogP contribution is -2.19. The third-order valence-corrected chi connectivity index (χ3v) is 9.05. The second-order valence-corrected chi connectivity index (χ2v) is 11.7. The molecule has 7 nitrogen and oxygen atoms in total. The zero-order valence-corrected chi connectivity index (χ0v) is 22.6. The molecule has 1 amide bonds. The van der Waals surface area contributed by atoms with Gasteiger partial charge in [0.05, 0.1) is 17.4 Å². The van der Waals surface area contributed by atoms with Gasteiger partial charge in [0, 0.05) is 27.2 Å². The molecule has 0 radical (unpaired) electrons. The van der Waals surface area contributed by atoms with Crippen LogP contribution in [0.15, 0.2) is 10.5 Å². The predicted molar refractivity (Wildman–Crippen MR) is 139 cm³/mol. The molecule has 0 saturated heterocycles. The van der Waals surface area contributed by atoms with Gasteiger partial charge >= 0.3 is 5.97 Å². The molecule has 3 aromatic rings. The molecule has 0 saturated carbocycles. The number of hydrogen-bond donors (Lipinski definition) is 1. The molecule has 3 heterocycles. The van der Waals surface area contributed by atoms with Crippen molar-refractivity contribution >= 4 is 51.3 Å². The van der Waals surface area contributed by atoms with E-state index in [0.29, 0.717) is 22.3 Å². The van der Waals surface area contributed by atoms with E-state index in [-0.39, 0.29) is 23.7 Å². The van der Waals surface area contributed by atoms with Crippen LogP contribution in [-0.4, -0.2) is 38.5 Å². The third kappa shape index (κ3) is 5.08. The number of carbonyl (C=O) groups is 2. The first-order valence-corrected chi connectivity index (χ1v) is 14.2. The number of carbonyl (C=O) groups excluding carboxylic acids is 2. The molecule has 0 aromatic carbocycles. The highest BCUT2D eigenvalue weighted by molar-refractivity contribution is 7.99. The minimum absolute atomic E-state index is 0.169. The second-order valence-electron chi connectivity index (χ2n) is 8.59. The summed E-state index contributed by atoms with van der Waals surface area (Å²) in [5.41, 5.74) is 3.88. The molecule has 1 aliphatic carbocycles. The number of nitrogens with one attached hydrogen (secondary N) is 1. The van der Waals surface area contributed by atoms with Gasteiger partial charge in [0.1, 0.15) is 5.00 Å². The molecule has 0 spiro atoms. The fourth-order valence-corrected chi connectivity index (χ4v) is 7.01. The standard InChI is InChI=1S/C24H30N4O3S3/c1-6-28-21(17-11-32-15(5)14(17)4)26-27-24(28)33-12-19(29)25-22-20(23(30)31-13(2)3)16-9-7-8-10-18(16)34-22/h11,13H,6-10,12H2,1-5H3,(H,25,29). The van der Waals surface area contributed by atoms with E-state index in [9.17, 15) is 9.59 Å². The number of esters is 1. The molecular formula is C24H30N4O3S3. The number of amides is 1. The highest BCUT2D eigenvalue weighted by Crippen LogP contribution is 2.39. The van der Waals surface area contributed by atoms with Crippen LogP contribution in [-0.2, 0) is 28.9 Å². The molecule has 3 aromatic heterocycles. The lowest BCUT2D eigenvalue weighted by atomic mass is 9.95. The van der Waals surface area contributed by atoms with Crippen molar-refractivity contribution in [1.82, 2.24) is 14.8 Å². The summed E-state index contributed by atoms with van der Waals surface area (Å²) in [5.74, 6) is 0.490. The number of nitrogens with zero attached hydrogens (tertiary/aromatic N) is 3. The van der Waals surface area contributed by atoms with Crippen LogP contribution in [0.25, 0.3) is 11.4 Å². The molecule has 10 heteroatoms. The van der Waals surface area contributed by atoms with Crippen LogP contribution in [0.3, 0.4) is 0 Å². The highest BCUT2D eigenvalue weighted by Gasteiger charge is 2.28. The summed E-state index contributed by atoms with van der Waals surface area (Å²) in [6.07, 6.45) is 3.73. The molecule has 182 valence electrons. The van der Waals surface area contributed by atoms with E-state index in [2.05, 4.69) is 34.7 Å². The number of hydrogen-bond acceptors (Lipinski definition) is 8. The monoisotopic (exact) mass is 518 g/mol. The summed E-state index contributed by atoms with van der Waals surface area (Å²) in [5, 5.41) is 15.2. The van der Waals surface area contributed by atoms with Crippen molar-refractivity contribution in [1.29, 1.82) is 0 Å². The molecule has 0 unspecified atom stereocenters. The van der Waals surface area contributed by atoms with E-state index in [1.54, 1.807) is 11.3 Å². The number of thioether (sulfide) groups is 1. The van der Waals surface area contributed by atoms with Gasteiger partial charge in [0.15, 0.2) is 11.0 Å². The van der Waals surface area contributed by atoms with Crippen molar-refractivity contribution in [2.45, 2.75) is 78.1 Å². The summed E-state index contributed by atoms with van der Waals surface area (Å²) >= 11 is 4.57. The summed E-state index contributed by atoms with van der Waals surface area (Å²) < 4.78 is 7.53. The Morgan fingerprint density at radius 3 is 2.68 bits per heavy atom. The molecule has 0 atom stereocenters. The van der Waals surface area contributed by atoms with E-state index in [1.807, 2.05) is 25.3 Å². The van der Waals surface area contributed by atoms with Crippen molar-refractivity contribution in [3.05, 3.63) is 31.8 Å². The predicted octanol–water partition coefficient (Wildman–Crippen LogP) is 5.88. The number of aryl methyl sites for hydroxylation is 2. The Hall–Kier alpha value is -2.17. The van der Waals surface area contributed by atoms with Crippen LogP contribution in [0.5, 0.6) is 0 Å². The SMILES string of the molecule is CCn1c(SCC(=O)Nc2sc3c(c2C(=O)OC(C)C)CCCC3)nnc1-c1csc(C)c1C. The summed E-state index contributed by atoms with van der Waals surface area (Å²) in [6.45, 7) is 10.6. The van der Waals surface area contributed by atoms with Crippen LogP contribution in [0.1, 0.15) is 64.9 Å². The molecule has 0 aliphatic heterocycles. The lowest BCUT2D eigenvalue weighted by molar-refractivity contribution is -0.113. The van der Waals surface area contributed by atoms with Crippen LogP contribution < -0.4 is 5.32 Å². The van der Waals surface area contributed by atoms with Gasteiger partial charge in [0.2, 0.25) is 5.91 Å². The minimum Gasteiger partial charge on any atom is -0.459 e. The molecule has 34 heavy (non-hydrogen) atoms. The van der Waals surface area contributed by atoms with Crippen molar-refractivity contribution in [3.63, 3.8) is 0 Å². The largest absolute Gasteiger partial charge is 0.459 e. The van der Waals surface area contributed by atoms with Crippen molar-refractivity contribution < 1.29 is 14.3 Å². The van der Waals surface area contributed by atoms with Gasteiger partial charge in [-0.05, 0) is 71.4 Å². The van der Waals surface area contributed by atoms with Crippen molar-refractivity contribution in [3.8, 4) is 11.4 Å². The lowest BCUT2D eigenvalue weighted by Gasteiger charge is -2.14. The first kappa shape index (κ1) is 24.9. The van der Waals surface area contributed by atoms with Crippen LogP contribution in [0.4, 0.5) is 5.00 Å².